The van der Waals surface area contributed by atoms with Gasteiger partial charge in [-0.1, -0.05) is 29.8 Å². The Morgan fingerprint density at radius 3 is 2.50 bits per heavy atom. The zero-order chi connectivity index (χ0) is 19.9. The van der Waals surface area contributed by atoms with E-state index in [0.29, 0.717) is 29.2 Å². The van der Waals surface area contributed by atoms with Crippen LogP contribution in [-0.2, 0) is 4.74 Å². The fourth-order valence-electron chi connectivity index (χ4n) is 2.60. The zero-order valence-electron chi connectivity index (χ0n) is 15.7. The summed E-state index contributed by atoms with van der Waals surface area (Å²) >= 11 is 0. The minimum Gasteiger partial charge on any atom is -0.462 e. The number of pyridine rings is 1. The molecule has 0 bridgehead atoms. The molecule has 0 aliphatic heterocycles. The number of aromatic nitrogens is 1. The van der Waals surface area contributed by atoms with Gasteiger partial charge in [0.15, 0.2) is 0 Å². The largest absolute Gasteiger partial charge is 0.462 e. The van der Waals surface area contributed by atoms with Crippen LogP contribution in [0.5, 0.6) is 0 Å². The maximum Gasteiger partial charge on any atom is 0.340 e. The van der Waals surface area contributed by atoms with Crippen molar-refractivity contribution in [1.82, 2.24) is 4.98 Å². The van der Waals surface area contributed by atoms with Crippen LogP contribution in [-0.4, -0.2) is 23.5 Å². The van der Waals surface area contributed by atoms with Gasteiger partial charge >= 0.3 is 5.97 Å². The number of benzene rings is 2. The van der Waals surface area contributed by atoms with Crippen molar-refractivity contribution in [2.24, 2.45) is 0 Å². The first-order valence-electron chi connectivity index (χ1n) is 8.94. The van der Waals surface area contributed by atoms with Crippen LogP contribution in [0, 0.1) is 6.92 Å². The van der Waals surface area contributed by atoms with Crippen LogP contribution >= 0.6 is 0 Å². The summed E-state index contributed by atoms with van der Waals surface area (Å²) in [6, 6.07) is 17.9. The lowest BCUT2D eigenvalue weighted by Crippen LogP contribution is -2.14. The molecule has 1 heterocycles. The van der Waals surface area contributed by atoms with E-state index in [0.717, 1.165) is 5.56 Å². The van der Waals surface area contributed by atoms with Crippen molar-refractivity contribution in [3.8, 4) is 0 Å². The Bertz CT molecular complexity index is 984. The van der Waals surface area contributed by atoms with Crippen LogP contribution in [0.25, 0.3) is 0 Å². The van der Waals surface area contributed by atoms with Gasteiger partial charge in [-0.05, 0) is 50.2 Å². The topological polar surface area (TPSA) is 80.3 Å². The summed E-state index contributed by atoms with van der Waals surface area (Å²) in [4.78, 5) is 28.7. The highest BCUT2D eigenvalue weighted by Gasteiger charge is 2.13. The molecule has 6 heteroatoms. The van der Waals surface area contributed by atoms with Gasteiger partial charge in [0, 0.05) is 17.6 Å². The Labute approximate surface area is 163 Å². The molecule has 3 aromatic rings. The van der Waals surface area contributed by atoms with E-state index in [1.807, 2.05) is 37.3 Å². The fourth-order valence-corrected chi connectivity index (χ4v) is 2.60. The summed E-state index contributed by atoms with van der Waals surface area (Å²) in [6.07, 6.45) is 1.54. The molecule has 142 valence electrons. The van der Waals surface area contributed by atoms with E-state index in [-0.39, 0.29) is 11.6 Å². The number of nitrogens with one attached hydrogen (secondary N) is 2. The Kier molecular flexibility index (Phi) is 6.01. The first-order valence-corrected chi connectivity index (χ1v) is 8.94. The van der Waals surface area contributed by atoms with Gasteiger partial charge in [0.05, 0.1) is 17.9 Å². The van der Waals surface area contributed by atoms with Crippen molar-refractivity contribution in [3.63, 3.8) is 0 Å². The predicted octanol–water partition coefficient (Wildman–Crippen LogP) is 4.56. The molecule has 0 atom stereocenters. The second-order valence-electron chi connectivity index (χ2n) is 6.14. The summed E-state index contributed by atoms with van der Waals surface area (Å²) in [5.74, 6) is -0.719. The highest BCUT2D eigenvalue weighted by atomic mass is 16.5. The number of hydrogen-bond acceptors (Lipinski definition) is 5. The Morgan fingerprint density at radius 1 is 1.00 bits per heavy atom. The van der Waals surface area contributed by atoms with Gasteiger partial charge in [-0.25, -0.2) is 4.79 Å². The third kappa shape index (κ3) is 4.73. The summed E-state index contributed by atoms with van der Waals surface area (Å²) in [5.41, 5.74) is 3.73. The van der Waals surface area contributed by atoms with Crippen molar-refractivity contribution in [1.29, 1.82) is 0 Å². The molecule has 0 spiro atoms. The number of aryl methyl sites for hydroxylation is 1. The van der Waals surface area contributed by atoms with Gasteiger partial charge in [0.1, 0.15) is 5.69 Å². The number of esters is 1. The third-order valence-corrected chi connectivity index (χ3v) is 4.00. The van der Waals surface area contributed by atoms with Crippen LogP contribution in [0.1, 0.15) is 33.3 Å². The van der Waals surface area contributed by atoms with E-state index in [2.05, 4.69) is 15.6 Å². The van der Waals surface area contributed by atoms with Gasteiger partial charge in [-0.15, -0.1) is 0 Å². The lowest BCUT2D eigenvalue weighted by molar-refractivity contribution is 0.0527. The molecule has 6 nitrogen and oxygen atoms in total. The first kappa shape index (κ1) is 19.1. The van der Waals surface area contributed by atoms with Crippen LogP contribution in [0.3, 0.4) is 0 Å². The molecule has 3 rings (SSSR count). The molecule has 1 aromatic heterocycles. The molecule has 0 aliphatic carbocycles. The SMILES string of the molecule is CCOC(=O)c1ccccc1Nc1ccnc(C(=O)Nc2ccc(C)cc2)c1. The highest BCUT2D eigenvalue weighted by Crippen LogP contribution is 2.22. The maximum atomic E-state index is 12.5. The van der Waals surface area contributed by atoms with Crippen LogP contribution in [0.4, 0.5) is 17.1 Å². The van der Waals surface area contributed by atoms with E-state index in [9.17, 15) is 9.59 Å². The van der Waals surface area contributed by atoms with Crippen molar-refractivity contribution >= 4 is 28.9 Å². The lowest BCUT2D eigenvalue weighted by Gasteiger charge is -2.12. The van der Waals surface area contributed by atoms with E-state index < -0.39 is 5.97 Å². The minimum absolute atomic E-state index is 0.263. The smallest absolute Gasteiger partial charge is 0.340 e. The average Bonchev–Trinajstić information content (AvgIpc) is 2.70. The summed E-state index contributed by atoms with van der Waals surface area (Å²) in [5, 5.41) is 5.98. The second kappa shape index (κ2) is 8.81. The molecular weight excluding hydrogens is 354 g/mol. The minimum atomic E-state index is -0.406. The standard InChI is InChI=1S/C22H21N3O3/c1-3-28-22(27)18-6-4-5-7-19(18)24-17-12-13-23-20(14-17)21(26)25-16-10-8-15(2)9-11-16/h4-14H,3H2,1-2H3,(H,23,24)(H,25,26). The maximum absolute atomic E-state index is 12.5. The molecule has 28 heavy (non-hydrogen) atoms. The molecule has 1 amide bonds. The van der Waals surface area contributed by atoms with Gasteiger partial charge < -0.3 is 15.4 Å². The number of amides is 1. The fraction of sp³-hybridized carbons (Fsp3) is 0.136. The van der Waals surface area contributed by atoms with Crippen LogP contribution in [0.2, 0.25) is 0 Å². The zero-order valence-corrected chi connectivity index (χ0v) is 15.7. The molecular formula is C22H21N3O3. The monoisotopic (exact) mass is 375 g/mol. The van der Waals surface area contributed by atoms with Crippen molar-refractivity contribution < 1.29 is 14.3 Å². The predicted molar refractivity (Wildman–Crippen MR) is 109 cm³/mol. The molecule has 0 unspecified atom stereocenters. The number of ether oxygens (including phenoxy) is 1. The number of para-hydroxylation sites is 1. The molecule has 0 saturated carbocycles. The molecule has 0 radical (unpaired) electrons. The Morgan fingerprint density at radius 2 is 1.75 bits per heavy atom. The average molecular weight is 375 g/mol. The quantitative estimate of drug-likeness (QED) is 0.617. The summed E-state index contributed by atoms with van der Waals surface area (Å²) in [6.45, 7) is 4.04. The number of nitrogens with zero attached hydrogens (tertiary/aromatic N) is 1. The number of carbonyl (C=O) groups is 2. The molecule has 2 N–H and O–H groups in total. The van der Waals surface area contributed by atoms with Gasteiger partial charge in [0.2, 0.25) is 0 Å². The van der Waals surface area contributed by atoms with Gasteiger partial charge in [-0.2, -0.15) is 0 Å². The third-order valence-electron chi connectivity index (χ3n) is 4.00. The molecule has 0 aliphatic rings. The lowest BCUT2D eigenvalue weighted by atomic mass is 10.1. The number of hydrogen-bond donors (Lipinski definition) is 2. The van der Waals surface area contributed by atoms with Crippen molar-refractivity contribution in [2.45, 2.75) is 13.8 Å². The molecule has 0 saturated heterocycles. The normalized spacial score (nSPS) is 10.2. The van der Waals surface area contributed by atoms with Crippen molar-refractivity contribution in [2.75, 3.05) is 17.2 Å². The number of carbonyl (C=O) groups excluding carboxylic acids is 2. The van der Waals surface area contributed by atoms with Gasteiger partial charge in [-0.3, -0.25) is 9.78 Å². The Balaban J connectivity index is 1.78. The van der Waals surface area contributed by atoms with Gasteiger partial charge in [0.25, 0.3) is 5.91 Å². The first-order chi connectivity index (χ1) is 13.6. The highest BCUT2D eigenvalue weighted by molar-refractivity contribution is 6.03. The molecule has 2 aromatic carbocycles. The Hall–Kier alpha value is -3.67. The number of anilines is 3. The number of rotatable bonds is 6. The van der Waals surface area contributed by atoms with Crippen LogP contribution in [0.15, 0.2) is 66.9 Å². The molecule has 0 fully saturated rings. The van der Waals surface area contributed by atoms with E-state index in [4.69, 9.17) is 4.74 Å². The van der Waals surface area contributed by atoms with E-state index in [1.165, 1.54) is 0 Å². The van der Waals surface area contributed by atoms with Crippen molar-refractivity contribution in [3.05, 3.63) is 83.7 Å². The van der Waals surface area contributed by atoms with E-state index in [1.54, 1.807) is 43.5 Å². The summed E-state index contributed by atoms with van der Waals surface area (Å²) < 4.78 is 5.09. The van der Waals surface area contributed by atoms with Crippen LogP contribution < -0.4 is 10.6 Å². The second-order valence-corrected chi connectivity index (χ2v) is 6.14. The summed E-state index contributed by atoms with van der Waals surface area (Å²) in [7, 11) is 0. The van der Waals surface area contributed by atoms with E-state index >= 15 is 0 Å².